The number of rotatable bonds is 4. The molecule has 4 rings (SSSR count). The summed E-state index contributed by atoms with van der Waals surface area (Å²) in [6, 6.07) is 11.3. The van der Waals surface area contributed by atoms with Crippen LogP contribution in [0.25, 0.3) is 10.2 Å². The van der Waals surface area contributed by atoms with Crippen LogP contribution in [0.5, 0.6) is 0 Å². The van der Waals surface area contributed by atoms with Crippen LogP contribution < -0.4 is 5.32 Å². The summed E-state index contributed by atoms with van der Waals surface area (Å²) in [5, 5.41) is 6.67. The lowest BCUT2D eigenvalue weighted by atomic mass is 9.91. The molecule has 1 N–H and O–H groups in total. The number of likely N-dealkylation sites (tertiary alicyclic amines) is 1. The van der Waals surface area contributed by atoms with Crippen LogP contribution in [0.4, 0.5) is 5.82 Å². The molecule has 1 saturated heterocycles. The van der Waals surface area contributed by atoms with Gasteiger partial charge in [0.1, 0.15) is 17.0 Å². The minimum atomic E-state index is 0.214. The molecule has 0 spiro atoms. The summed E-state index contributed by atoms with van der Waals surface area (Å²) in [4.78, 5) is 12.1. The second kappa shape index (κ2) is 5.91. The molecule has 1 atom stereocenters. The van der Waals surface area contributed by atoms with Crippen molar-refractivity contribution in [3.05, 3.63) is 53.2 Å². The largest absolute Gasteiger partial charge is 0.363 e. The van der Waals surface area contributed by atoms with Gasteiger partial charge >= 0.3 is 0 Å². The molecule has 23 heavy (non-hydrogen) atoms. The van der Waals surface area contributed by atoms with Crippen molar-refractivity contribution < 1.29 is 0 Å². The molecule has 0 amide bonds. The fourth-order valence-electron chi connectivity index (χ4n) is 3.16. The van der Waals surface area contributed by atoms with E-state index in [0.29, 0.717) is 5.92 Å². The summed E-state index contributed by atoms with van der Waals surface area (Å²) in [6.07, 6.45) is 1.63. The van der Waals surface area contributed by atoms with E-state index < -0.39 is 0 Å². The predicted octanol–water partition coefficient (Wildman–Crippen LogP) is 3.89. The van der Waals surface area contributed by atoms with Gasteiger partial charge in [-0.2, -0.15) is 0 Å². The first-order valence-electron chi connectivity index (χ1n) is 7.94. The molecule has 0 saturated carbocycles. The normalized spacial score (nSPS) is 17.1. The zero-order valence-electron chi connectivity index (χ0n) is 13.4. The van der Waals surface area contributed by atoms with E-state index in [9.17, 15) is 0 Å². The standard InChI is InChI=1S/C18H20N4S/c1-12(21-17-16-7-8-23-18(16)20-11-19-17)13-3-5-14(6-4-13)15-9-22(2)10-15/h3-8,11-12,15H,9-10H2,1-2H3,(H,19,20,21). The van der Waals surface area contributed by atoms with Crippen molar-refractivity contribution in [1.82, 2.24) is 14.9 Å². The quantitative estimate of drug-likeness (QED) is 0.790. The van der Waals surface area contributed by atoms with Crippen LogP contribution in [0.3, 0.4) is 0 Å². The third-order valence-corrected chi connectivity index (χ3v) is 5.41. The van der Waals surface area contributed by atoms with E-state index in [1.165, 1.54) is 24.2 Å². The number of hydrogen-bond acceptors (Lipinski definition) is 5. The van der Waals surface area contributed by atoms with E-state index in [1.807, 2.05) is 0 Å². The van der Waals surface area contributed by atoms with Crippen LogP contribution >= 0.6 is 11.3 Å². The Hall–Kier alpha value is -1.98. The highest BCUT2D eigenvalue weighted by Gasteiger charge is 2.24. The van der Waals surface area contributed by atoms with Crippen molar-refractivity contribution in [3.63, 3.8) is 0 Å². The summed E-state index contributed by atoms with van der Waals surface area (Å²) < 4.78 is 0. The number of benzene rings is 1. The summed E-state index contributed by atoms with van der Waals surface area (Å²) in [5.41, 5.74) is 2.73. The lowest BCUT2D eigenvalue weighted by Gasteiger charge is -2.36. The molecule has 1 unspecified atom stereocenters. The lowest BCUT2D eigenvalue weighted by molar-refractivity contribution is 0.190. The topological polar surface area (TPSA) is 41.1 Å². The molecule has 0 radical (unpaired) electrons. The second-order valence-corrected chi connectivity index (χ2v) is 7.21. The summed E-state index contributed by atoms with van der Waals surface area (Å²) in [5.74, 6) is 1.61. The van der Waals surface area contributed by atoms with Gasteiger partial charge in [0, 0.05) is 25.0 Å². The molecule has 118 valence electrons. The number of aromatic nitrogens is 2. The van der Waals surface area contributed by atoms with Gasteiger partial charge in [-0.15, -0.1) is 11.3 Å². The highest BCUT2D eigenvalue weighted by atomic mass is 32.1. The van der Waals surface area contributed by atoms with E-state index in [1.54, 1.807) is 17.7 Å². The molecular formula is C18H20N4S. The molecule has 1 fully saturated rings. The Morgan fingerprint density at radius 1 is 1.17 bits per heavy atom. The summed E-state index contributed by atoms with van der Waals surface area (Å²) in [6.45, 7) is 4.51. The minimum absolute atomic E-state index is 0.214. The Kier molecular flexibility index (Phi) is 3.75. The van der Waals surface area contributed by atoms with E-state index in [4.69, 9.17) is 0 Å². The number of fused-ring (bicyclic) bond motifs is 1. The molecule has 1 aromatic carbocycles. The number of thiophene rings is 1. The van der Waals surface area contributed by atoms with Crippen LogP contribution in [0, 0.1) is 0 Å². The van der Waals surface area contributed by atoms with Gasteiger partial charge in [0.15, 0.2) is 0 Å². The fourth-order valence-corrected chi connectivity index (χ4v) is 3.89. The minimum Gasteiger partial charge on any atom is -0.363 e. The number of nitrogens with zero attached hydrogens (tertiary/aromatic N) is 3. The number of nitrogens with one attached hydrogen (secondary N) is 1. The number of hydrogen-bond donors (Lipinski definition) is 1. The Balaban J connectivity index is 1.50. The predicted molar refractivity (Wildman–Crippen MR) is 96.1 cm³/mol. The SMILES string of the molecule is CC(Nc1ncnc2sccc12)c1ccc(C2CN(C)C2)cc1. The van der Waals surface area contributed by atoms with Gasteiger partial charge < -0.3 is 10.2 Å². The van der Waals surface area contributed by atoms with Crippen molar-refractivity contribution in [2.75, 3.05) is 25.5 Å². The second-order valence-electron chi connectivity index (χ2n) is 6.31. The first-order valence-corrected chi connectivity index (χ1v) is 8.82. The maximum atomic E-state index is 4.40. The first-order chi connectivity index (χ1) is 11.2. The van der Waals surface area contributed by atoms with Crippen molar-refractivity contribution in [2.45, 2.75) is 18.9 Å². The average Bonchev–Trinajstić information content (AvgIpc) is 3.02. The molecule has 1 aliphatic rings. The van der Waals surface area contributed by atoms with Gasteiger partial charge in [-0.05, 0) is 36.5 Å². The maximum absolute atomic E-state index is 4.40. The highest BCUT2D eigenvalue weighted by molar-refractivity contribution is 7.16. The Morgan fingerprint density at radius 2 is 1.96 bits per heavy atom. The highest BCUT2D eigenvalue weighted by Crippen LogP contribution is 2.29. The summed E-state index contributed by atoms with van der Waals surface area (Å²) >= 11 is 1.64. The van der Waals surface area contributed by atoms with E-state index in [2.05, 4.69) is 69.9 Å². The zero-order chi connectivity index (χ0) is 15.8. The van der Waals surface area contributed by atoms with Gasteiger partial charge in [0.05, 0.1) is 5.39 Å². The van der Waals surface area contributed by atoms with Gasteiger partial charge in [0.2, 0.25) is 0 Å². The zero-order valence-corrected chi connectivity index (χ0v) is 14.2. The molecule has 0 aliphatic carbocycles. The molecule has 2 aromatic heterocycles. The molecular weight excluding hydrogens is 304 g/mol. The molecule has 1 aliphatic heterocycles. The van der Waals surface area contributed by atoms with Crippen LogP contribution in [-0.4, -0.2) is 35.0 Å². The van der Waals surface area contributed by atoms with Crippen LogP contribution in [0.15, 0.2) is 42.0 Å². The molecule has 0 bridgehead atoms. The number of anilines is 1. The van der Waals surface area contributed by atoms with Crippen LogP contribution in [0.2, 0.25) is 0 Å². The Labute approximate surface area is 140 Å². The van der Waals surface area contributed by atoms with Crippen molar-refractivity contribution in [1.29, 1.82) is 0 Å². The monoisotopic (exact) mass is 324 g/mol. The summed E-state index contributed by atoms with van der Waals surface area (Å²) in [7, 11) is 2.17. The van der Waals surface area contributed by atoms with E-state index in [0.717, 1.165) is 16.0 Å². The van der Waals surface area contributed by atoms with Gasteiger partial charge in [-0.3, -0.25) is 0 Å². The maximum Gasteiger partial charge on any atom is 0.138 e. The van der Waals surface area contributed by atoms with Crippen molar-refractivity contribution >= 4 is 27.4 Å². The molecule has 4 nitrogen and oxygen atoms in total. The Bertz CT molecular complexity index is 805. The smallest absolute Gasteiger partial charge is 0.138 e. The third-order valence-electron chi connectivity index (χ3n) is 4.59. The molecule has 3 heterocycles. The first kappa shape index (κ1) is 14.6. The van der Waals surface area contributed by atoms with E-state index in [-0.39, 0.29) is 6.04 Å². The Morgan fingerprint density at radius 3 is 2.70 bits per heavy atom. The van der Waals surface area contributed by atoms with Crippen LogP contribution in [-0.2, 0) is 0 Å². The van der Waals surface area contributed by atoms with Gasteiger partial charge in [0.25, 0.3) is 0 Å². The van der Waals surface area contributed by atoms with Crippen LogP contribution in [0.1, 0.15) is 30.0 Å². The lowest BCUT2D eigenvalue weighted by Crippen LogP contribution is -2.41. The average molecular weight is 324 g/mol. The third kappa shape index (κ3) is 2.82. The van der Waals surface area contributed by atoms with E-state index >= 15 is 0 Å². The van der Waals surface area contributed by atoms with Crippen molar-refractivity contribution in [3.8, 4) is 0 Å². The van der Waals surface area contributed by atoms with Gasteiger partial charge in [-0.1, -0.05) is 24.3 Å². The number of likely N-dealkylation sites (N-methyl/N-ethyl adjacent to an activating group) is 1. The van der Waals surface area contributed by atoms with Crippen molar-refractivity contribution in [2.24, 2.45) is 0 Å². The molecule has 3 aromatic rings. The molecule has 5 heteroatoms. The fraction of sp³-hybridized carbons (Fsp3) is 0.333. The van der Waals surface area contributed by atoms with Gasteiger partial charge in [-0.25, -0.2) is 9.97 Å².